The lowest BCUT2D eigenvalue weighted by Gasteiger charge is -2.00. The van der Waals surface area contributed by atoms with Crippen molar-refractivity contribution in [1.82, 2.24) is 0 Å². The van der Waals surface area contributed by atoms with Crippen LogP contribution in [0.4, 0.5) is 15.8 Å². The van der Waals surface area contributed by atoms with E-state index in [2.05, 4.69) is 6.92 Å². The number of nitro benzene ring substituents is 1. The summed E-state index contributed by atoms with van der Waals surface area (Å²) in [5.74, 6) is -0.707. The van der Waals surface area contributed by atoms with E-state index in [0.717, 1.165) is 12.1 Å². The zero-order valence-electron chi connectivity index (χ0n) is 6.08. The number of nitro groups is 1. The van der Waals surface area contributed by atoms with Crippen molar-refractivity contribution in [1.29, 1.82) is 0 Å². The molecule has 63 valence electrons. The maximum atomic E-state index is 12.6. The Morgan fingerprint density at radius 2 is 2.17 bits per heavy atom. The molecule has 0 spiro atoms. The normalized spacial score (nSPS) is 9.83. The Morgan fingerprint density at radius 1 is 1.58 bits per heavy atom. The van der Waals surface area contributed by atoms with Crippen LogP contribution in [0.15, 0.2) is 12.1 Å². The fourth-order valence-corrected chi connectivity index (χ4v) is 0.810. The first-order valence-electron chi connectivity index (χ1n) is 3.07. The molecule has 0 unspecified atom stereocenters. The number of halogens is 1. The second-order valence-electron chi connectivity index (χ2n) is 2.25. The standard InChI is InChI=1S/C7H6FN2O2/c1-4-2-5(8)3-6(7(4)9)10(11)12/h2-3H,1,9H2. The highest BCUT2D eigenvalue weighted by molar-refractivity contribution is 5.64. The van der Waals surface area contributed by atoms with Crippen molar-refractivity contribution in [2.75, 3.05) is 5.73 Å². The van der Waals surface area contributed by atoms with Gasteiger partial charge in [-0.15, -0.1) is 0 Å². The van der Waals surface area contributed by atoms with Gasteiger partial charge in [-0.25, -0.2) is 4.39 Å². The lowest BCUT2D eigenvalue weighted by molar-refractivity contribution is -0.384. The van der Waals surface area contributed by atoms with E-state index >= 15 is 0 Å². The van der Waals surface area contributed by atoms with Crippen LogP contribution in [-0.2, 0) is 0 Å². The lowest BCUT2D eigenvalue weighted by atomic mass is 10.2. The fraction of sp³-hybridized carbons (Fsp3) is 0. The maximum Gasteiger partial charge on any atom is 0.295 e. The van der Waals surface area contributed by atoms with Gasteiger partial charge in [0.05, 0.1) is 11.0 Å². The van der Waals surface area contributed by atoms with Gasteiger partial charge in [-0.3, -0.25) is 10.1 Å². The Bertz CT molecular complexity index is 338. The molecule has 1 aromatic rings. The monoisotopic (exact) mass is 169 g/mol. The zero-order chi connectivity index (χ0) is 9.30. The minimum Gasteiger partial charge on any atom is -0.393 e. The topological polar surface area (TPSA) is 69.2 Å². The Hall–Kier alpha value is -1.65. The van der Waals surface area contributed by atoms with Crippen LogP contribution in [-0.4, -0.2) is 4.92 Å². The van der Waals surface area contributed by atoms with Gasteiger partial charge in [0.2, 0.25) is 0 Å². The molecule has 12 heavy (non-hydrogen) atoms. The number of hydrogen-bond donors (Lipinski definition) is 1. The first-order valence-corrected chi connectivity index (χ1v) is 3.07. The first-order chi connectivity index (χ1) is 5.52. The van der Waals surface area contributed by atoms with Crippen LogP contribution in [0, 0.1) is 22.9 Å². The third-order valence-electron chi connectivity index (χ3n) is 1.41. The number of anilines is 1. The minimum absolute atomic E-state index is 0.0959. The molecule has 1 aromatic carbocycles. The average molecular weight is 169 g/mol. The van der Waals surface area contributed by atoms with E-state index in [0.29, 0.717) is 0 Å². The van der Waals surface area contributed by atoms with Gasteiger partial charge in [-0.2, -0.15) is 0 Å². The molecule has 5 heteroatoms. The first kappa shape index (κ1) is 8.45. The van der Waals surface area contributed by atoms with Gasteiger partial charge in [0.25, 0.3) is 5.69 Å². The van der Waals surface area contributed by atoms with E-state index in [1.807, 2.05) is 0 Å². The van der Waals surface area contributed by atoms with Crippen molar-refractivity contribution < 1.29 is 9.31 Å². The van der Waals surface area contributed by atoms with E-state index in [4.69, 9.17) is 5.73 Å². The van der Waals surface area contributed by atoms with Crippen LogP contribution in [0.5, 0.6) is 0 Å². The van der Waals surface area contributed by atoms with Gasteiger partial charge in [0.1, 0.15) is 11.5 Å². The summed E-state index contributed by atoms with van der Waals surface area (Å²) >= 11 is 0. The second-order valence-corrected chi connectivity index (χ2v) is 2.25. The Morgan fingerprint density at radius 3 is 2.67 bits per heavy atom. The number of nitrogens with two attached hydrogens (primary N) is 1. The molecule has 0 amide bonds. The molecule has 0 saturated heterocycles. The number of benzene rings is 1. The molecule has 0 fully saturated rings. The maximum absolute atomic E-state index is 12.6. The predicted octanol–water partition coefficient (Wildman–Crippen LogP) is 1.50. The van der Waals surface area contributed by atoms with Crippen LogP contribution < -0.4 is 5.73 Å². The van der Waals surface area contributed by atoms with E-state index in [1.54, 1.807) is 0 Å². The zero-order valence-corrected chi connectivity index (χ0v) is 6.08. The summed E-state index contributed by atoms with van der Waals surface area (Å²) in [5.41, 5.74) is 4.87. The quantitative estimate of drug-likeness (QED) is 0.393. The van der Waals surface area contributed by atoms with E-state index in [-0.39, 0.29) is 11.3 Å². The van der Waals surface area contributed by atoms with Crippen LogP contribution >= 0.6 is 0 Å². The van der Waals surface area contributed by atoms with Crippen LogP contribution in [0.25, 0.3) is 0 Å². The van der Waals surface area contributed by atoms with Gasteiger partial charge in [-0.1, -0.05) is 0 Å². The third-order valence-corrected chi connectivity index (χ3v) is 1.41. The van der Waals surface area contributed by atoms with Crippen LogP contribution in [0.1, 0.15) is 5.56 Å². The van der Waals surface area contributed by atoms with Gasteiger partial charge < -0.3 is 5.73 Å². The molecule has 4 nitrogen and oxygen atoms in total. The van der Waals surface area contributed by atoms with E-state index < -0.39 is 16.4 Å². The molecule has 2 N–H and O–H groups in total. The van der Waals surface area contributed by atoms with Gasteiger partial charge in [0.15, 0.2) is 0 Å². The summed E-state index contributed by atoms with van der Waals surface area (Å²) < 4.78 is 12.6. The summed E-state index contributed by atoms with van der Waals surface area (Å²) in [5, 5.41) is 10.3. The van der Waals surface area contributed by atoms with Crippen molar-refractivity contribution in [2.24, 2.45) is 0 Å². The summed E-state index contributed by atoms with van der Waals surface area (Å²) in [6.07, 6.45) is 0. The number of nitrogens with zero attached hydrogens (tertiary/aromatic N) is 1. The summed E-state index contributed by atoms with van der Waals surface area (Å²) in [6, 6.07) is 1.81. The molecule has 0 saturated carbocycles. The third kappa shape index (κ3) is 1.34. The minimum atomic E-state index is -0.743. The number of nitrogen functional groups attached to an aromatic ring is 1. The van der Waals surface area contributed by atoms with Gasteiger partial charge >= 0.3 is 0 Å². The van der Waals surface area contributed by atoms with Crippen LogP contribution in [0.2, 0.25) is 0 Å². The molecule has 1 radical (unpaired) electrons. The number of hydrogen-bond acceptors (Lipinski definition) is 3. The highest BCUT2D eigenvalue weighted by Gasteiger charge is 2.14. The fourth-order valence-electron chi connectivity index (χ4n) is 0.810. The molecule has 0 heterocycles. The second kappa shape index (κ2) is 2.77. The summed E-state index contributed by atoms with van der Waals surface area (Å²) in [7, 11) is 0. The average Bonchev–Trinajstić information content (AvgIpc) is 1.96. The molecule has 0 aromatic heterocycles. The Labute approximate surface area is 68.0 Å². The molecule has 0 aliphatic carbocycles. The summed E-state index contributed by atoms with van der Waals surface area (Å²) in [4.78, 5) is 9.51. The lowest BCUT2D eigenvalue weighted by Crippen LogP contribution is -1.98. The number of rotatable bonds is 1. The van der Waals surface area contributed by atoms with E-state index in [9.17, 15) is 14.5 Å². The largest absolute Gasteiger partial charge is 0.393 e. The van der Waals surface area contributed by atoms with Gasteiger partial charge in [-0.05, 0) is 18.6 Å². The molecular weight excluding hydrogens is 163 g/mol. The summed E-state index contributed by atoms with van der Waals surface area (Å²) in [6.45, 7) is 3.35. The van der Waals surface area contributed by atoms with Crippen molar-refractivity contribution in [3.05, 3.63) is 40.6 Å². The molecule has 1 rings (SSSR count). The van der Waals surface area contributed by atoms with Crippen molar-refractivity contribution in [3.8, 4) is 0 Å². The predicted molar refractivity (Wildman–Crippen MR) is 41.9 cm³/mol. The molecule has 0 aliphatic heterocycles. The van der Waals surface area contributed by atoms with Crippen LogP contribution in [0.3, 0.4) is 0 Å². The van der Waals surface area contributed by atoms with Gasteiger partial charge in [0, 0.05) is 0 Å². The molecule has 0 aliphatic rings. The van der Waals surface area contributed by atoms with Crippen molar-refractivity contribution in [2.45, 2.75) is 0 Å². The SMILES string of the molecule is [CH2]c1cc(F)cc([N+](=O)[O-])c1N. The highest BCUT2D eigenvalue weighted by atomic mass is 19.1. The Kier molecular flexibility index (Phi) is 1.95. The van der Waals surface area contributed by atoms with E-state index in [1.165, 1.54) is 0 Å². The van der Waals surface area contributed by atoms with Crippen molar-refractivity contribution in [3.63, 3.8) is 0 Å². The highest BCUT2D eigenvalue weighted by Crippen LogP contribution is 2.25. The van der Waals surface area contributed by atoms with Crippen molar-refractivity contribution >= 4 is 11.4 Å². The molecular formula is C7H6FN2O2. The molecule has 0 bridgehead atoms. The molecule has 0 atom stereocenters. The smallest absolute Gasteiger partial charge is 0.295 e. The Balaban J connectivity index is 3.37.